The molecule has 0 radical (unpaired) electrons. The van der Waals surface area contributed by atoms with Gasteiger partial charge in [0, 0.05) is 9.90 Å². The molecule has 2 N–H and O–H groups in total. The van der Waals surface area contributed by atoms with Gasteiger partial charge in [-0.3, -0.25) is 9.89 Å². The van der Waals surface area contributed by atoms with E-state index in [0.29, 0.717) is 33.0 Å². The summed E-state index contributed by atoms with van der Waals surface area (Å²) >= 11 is 9.04. The number of halogens is 1. The molecule has 29 heavy (non-hydrogen) atoms. The Morgan fingerprint density at radius 1 is 1.28 bits per heavy atom. The topological polar surface area (TPSA) is 96.6 Å². The number of H-pyrrole nitrogens is 2. The average Bonchev–Trinajstić information content (AvgIpc) is 3.26. The molecule has 4 aromatic rings. The Morgan fingerprint density at radius 3 is 2.83 bits per heavy atom. The summed E-state index contributed by atoms with van der Waals surface area (Å²) in [4.78, 5) is 26.5. The van der Waals surface area contributed by atoms with Crippen LogP contribution >= 0.6 is 34.7 Å². The van der Waals surface area contributed by atoms with E-state index >= 15 is 0 Å². The van der Waals surface area contributed by atoms with E-state index in [1.807, 2.05) is 20.8 Å². The van der Waals surface area contributed by atoms with E-state index < -0.39 is 0 Å². The summed E-state index contributed by atoms with van der Waals surface area (Å²) in [7, 11) is 1.59. The number of hydrogen-bond donors (Lipinski definition) is 2. The fourth-order valence-corrected chi connectivity index (χ4v) is 4.95. The van der Waals surface area contributed by atoms with Crippen LogP contribution in [0.3, 0.4) is 0 Å². The summed E-state index contributed by atoms with van der Waals surface area (Å²) in [6.45, 7) is 5.90. The Balaban J connectivity index is 1.62. The number of thiophene rings is 1. The number of aromatic amines is 2. The first-order valence-corrected chi connectivity index (χ1v) is 10.9. The van der Waals surface area contributed by atoms with Gasteiger partial charge in [-0.2, -0.15) is 0 Å². The van der Waals surface area contributed by atoms with Crippen LogP contribution in [0.1, 0.15) is 28.4 Å². The lowest BCUT2D eigenvalue weighted by Crippen LogP contribution is -2.12. The third-order valence-electron chi connectivity index (χ3n) is 4.61. The molecule has 7 nitrogen and oxygen atoms in total. The van der Waals surface area contributed by atoms with E-state index in [-0.39, 0.29) is 10.8 Å². The zero-order chi connectivity index (χ0) is 20.7. The molecule has 0 fully saturated rings. The Morgan fingerprint density at radius 2 is 2.07 bits per heavy atom. The van der Waals surface area contributed by atoms with Crippen LogP contribution in [0.5, 0.6) is 5.75 Å². The highest BCUT2D eigenvalue weighted by atomic mass is 35.5. The van der Waals surface area contributed by atoms with Crippen molar-refractivity contribution in [3.8, 4) is 17.1 Å². The van der Waals surface area contributed by atoms with Crippen LogP contribution in [-0.2, 0) is 0 Å². The second-order valence-corrected chi connectivity index (χ2v) is 9.43. The van der Waals surface area contributed by atoms with Crippen molar-refractivity contribution in [2.45, 2.75) is 31.2 Å². The Bertz CT molecular complexity index is 1260. The van der Waals surface area contributed by atoms with Crippen molar-refractivity contribution in [3.05, 3.63) is 49.8 Å². The number of nitrogens with zero attached hydrogens (tertiary/aromatic N) is 3. The number of thioether (sulfide) groups is 1. The third-order valence-corrected chi connectivity index (χ3v) is 6.91. The molecule has 1 aromatic carbocycles. The van der Waals surface area contributed by atoms with Crippen molar-refractivity contribution in [3.63, 3.8) is 0 Å². The van der Waals surface area contributed by atoms with Gasteiger partial charge in [0.05, 0.1) is 23.3 Å². The molecule has 1 unspecified atom stereocenters. The molecule has 0 saturated carbocycles. The molecular formula is C19H18ClN5O2S2. The van der Waals surface area contributed by atoms with E-state index in [2.05, 4.69) is 25.1 Å². The van der Waals surface area contributed by atoms with Gasteiger partial charge >= 0.3 is 0 Å². The number of hydrogen-bond acceptors (Lipinski definition) is 7. The van der Waals surface area contributed by atoms with Crippen LogP contribution in [0.4, 0.5) is 0 Å². The average molecular weight is 448 g/mol. The number of rotatable bonds is 5. The van der Waals surface area contributed by atoms with Crippen molar-refractivity contribution >= 4 is 44.9 Å². The number of fused-ring (bicyclic) bond motifs is 1. The summed E-state index contributed by atoms with van der Waals surface area (Å²) in [6.07, 6.45) is 0. The molecular weight excluding hydrogens is 430 g/mol. The summed E-state index contributed by atoms with van der Waals surface area (Å²) in [5, 5.41) is 8.85. The molecule has 3 heterocycles. The van der Waals surface area contributed by atoms with Gasteiger partial charge in [0.15, 0.2) is 5.82 Å². The first-order valence-electron chi connectivity index (χ1n) is 8.80. The number of benzene rings is 1. The number of nitrogens with one attached hydrogen (secondary N) is 2. The quantitative estimate of drug-likeness (QED) is 0.422. The predicted octanol–water partition coefficient (Wildman–Crippen LogP) is 4.90. The highest BCUT2D eigenvalue weighted by Gasteiger charge is 2.19. The second-order valence-electron chi connectivity index (χ2n) is 6.49. The van der Waals surface area contributed by atoms with Crippen LogP contribution in [-0.4, -0.2) is 32.3 Å². The maximum absolute atomic E-state index is 12.5. The smallest absolute Gasteiger partial charge is 0.259 e. The molecule has 10 heteroatoms. The SMILES string of the molecule is COc1ccc(Cl)cc1-c1nc(SC(C)c2nc3sc(C)c(C)c3c(=O)[nH]2)n[nH]1. The fraction of sp³-hybridized carbons (Fsp3) is 0.263. The van der Waals surface area contributed by atoms with Crippen LogP contribution < -0.4 is 10.3 Å². The van der Waals surface area contributed by atoms with Gasteiger partial charge in [0.2, 0.25) is 5.16 Å². The minimum atomic E-state index is -0.139. The largest absolute Gasteiger partial charge is 0.496 e. The zero-order valence-corrected chi connectivity index (χ0v) is 18.6. The van der Waals surface area contributed by atoms with Crippen LogP contribution in [0.25, 0.3) is 21.6 Å². The van der Waals surface area contributed by atoms with E-state index in [1.165, 1.54) is 23.1 Å². The lowest BCUT2D eigenvalue weighted by molar-refractivity contribution is 0.416. The van der Waals surface area contributed by atoms with Gasteiger partial charge in [-0.1, -0.05) is 23.4 Å². The van der Waals surface area contributed by atoms with Gasteiger partial charge in [0.25, 0.3) is 5.56 Å². The number of aromatic nitrogens is 5. The molecule has 0 aliphatic carbocycles. The highest BCUT2D eigenvalue weighted by Crippen LogP contribution is 2.35. The van der Waals surface area contributed by atoms with Crippen molar-refractivity contribution in [1.82, 2.24) is 25.1 Å². The summed E-state index contributed by atoms with van der Waals surface area (Å²) < 4.78 is 5.38. The Hall–Kier alpha value is -2.36. The minimum absolute atomic E-state index is 0.112. The molecule has 0 amide bonds. The summed E-state index contributed by atoms with van der Waals surface area (Å²) in [6, 6.07) is 5.31. The van der Waals surface area contributed by atoms with Crippen molar-refractivity contribution in [2.75, 3.05) is 7.11 Å². The van der Waals surface area contributed by atoms with Crippen molar-refractivity contribution in [2.24, 2.45) is 0 Å². The number of aryl methyl sites for hydroxylation is 2. The van der Waals surface area contributed by atoms with Gasteiger partial charge in [-0.25, -0.2) is 9.97 Å². The monoisotopic (exact) mass is 447 g/mol. The predicted molar refractivity (Wildman–Crippen MR) is 117 cm³/mol. The minimum Gasteiger partial charge on any atom is -0.496 e. The van der Waals surface area contributed by atoms with Gasteiger partial charge in [0.1, 0.15) is 16.4 Å². The van der Waals surface area contributed by atoms with E-state index in [1.54, 1.807) is 25.3 Å². The molecule has 4 rings (SSSR count). The van der Waals surface area contributed by atoms with E-state index in [9.17, 15) is 4.79 Å². The molecule has 150 valence electrons. The maximum atomic E-state index is 12.5. The molecule has 3 aromatic heterocycles. The standard InChI is InChI=1S/C19H18ClN5O2S2/c1-8-9(2)28-18-14(8)17(26)21-15(22-18)10(3)29-19-23-16(24-25-19)12-7-11(20)5-6-13(12)27-4/h5-7,10H,1-4H3,(H,21,22,26)(H,23,24,25). The molecule has 0 saturated heterocycles. The molecule has 1 atom stereocenters. The Kier molecular flexibility index (Phi) is 5.37. The van der Waals surface area contributed by atoms with Crippen molar-refractivity contribution in [1.29, 1.82) is 0 Å². The number of ether oxygens (including phenoxy) is 1. The first kappa shape index (κ1) is 19.9. The zero-order valence-electron chi connectivity index (χ0n) is 16.2. The van der Waals surface area contributed by atoms with Crippen LogP contribution in [0.2, 0.25) is 5.02 Å². The van der Waals surface area contributed by atoms with Gasteiger partial charge in [-0.05, 0) is 44.5 Å². The molecule has 0 aliphatic heterocycles. The van der Waals surface area contributed by atoms with Gasteiger partial charge in [-0.15, -0.1) is 16.4 Å². The molecule has 0 bridgehead atoms. The normalized spacial score (nSPS) is 12.4. The maximum Gasteiger partial charge on any atom is 0.259 e. The lowest BCUT2D eigenvalue weighted by Gasteiger charge is -2.08. The fourth-order valence-electron chi connectivity index (χ4n) is 2.96. The van der Waals surface area contributed by atoms with Crippen molar-refractivity contribution < 1.29 is 4.74 Å². The third kappa shape index (κ3) is 3.77. The van der Waals surface area contributed by atoms with Crippen LogP contribution in [0, 0.1) is 13.8 Å². The molecule has 0 aliphatic rings. The first-order chi connectivity index (χ1) is 13.9. The number of methoxy groups -OCH3 is 1. The second kappa shape index (κ2) is 7.81. The van der Waals surface area contributed by atoms with Gasteiger partial charge < -0.3 is 9.72 Å². The summed E-state index contributed by atoms with van der Waals surface area (Å²) in [5.74, 6) is 1.80. The molecule has 0 spiro atoms. The van der Waals surface area contributed by atoms with E-state index in [4.69, 9.17) is 16.3 Å². The van der Waals surface area contributed by atoms with Crippen LogP contribution in [0.15, 0.2) is 28.2 Å². The Labute approximate surface area is 179 Å². The summed E-state index contributed by atoms with van der Waals surface area (Å²) in [5.41, 5.74) is 1.60. The lowest BCUT2D eigenvalue weighted by atomic mass is 10.2. The van der Waals surface area contributed by atoms with E-state index in [0.717, 1.165) is 20.8 Å². The highest BCUT2D eigenvalue weighted by molar-refractivity contribution is 7.99.